The lowest BCUT2D eigenvalue weighted by Gasteiger charge is -2.32. The Morgan fingerprint density at radius 1 is 0.609 bits per heavy atom. The SMILES string of the molecule is COC(=O)N[C@H](C(=O)N1C2C(C)C2C[C@H]1c1nc2ccc(-c3cnc4cc(-c5ccc6nc([C@@H]7CC8C(C)C8N7C(=O)[C@@H](NC(=O)OC)C(C)C)[nH]c6c5)cnc4c3)cc2[nH]1)C(C)C. The van der Waals surface area contributed by atoms with Gasteiger partial charge in [0.1, 0.15) is 23.7 Å². The predicted molar refractivity (Wildman–Crippen MR) is 239 cm³/mol. The second-order valence-electron chi connectivity index (χ2n) is 18.9. The molecule has 6 heterocycles. The Morgan fingerprint density at radius 2 is 1.02 bits per heavy atom. The van der Waals surface area contributed by atoms with E-state index in [-0.39, 0.29) is 47.8 Å². The van der Waals surface area contributed by atoms with Gasteiger partial charge in [-0.25, -0.2) is 19.6 Å². The summed E-state index contributed by atoms with van der Waals surface area (Å²) < 4.78 is 9.68. The second-order valence-corrected chi connectivity index (χ2v) is 18.9. The van der Waals surface area contributed by atoms with Crippen LogP contribution >= 0.6 is 0 Å². The number of alkyl carbamates (subject to hydrolysis) is 2. The first-order valence-corrected chi connectivity index (χ1v) is 22.3. The third-order valence-electron chi connectivity index (χ3n) is 14.5. The van der Waals surface area contributed by atoms with Crippen molar-refractivity contribution < 1.29 is 28.7 Å². The second kappa shape index (κ2) is 15.6. The van der Waals surface area contributed by atoms with E-state index in [1.54, 1.807) is 0 Å². The number of pyridine rings is 2. The molecule has 0 bridgehead atoms. The van der Waals surface area contributed by atoms with Crippen molar-refractivity contribution in [1.82, 2.24) is 50.3 Å². The number of piperidine rings is 2. The summed E-state index contributed by atoms with van der Waals surface area (Å²) in [5.74, 6) is 2.58. The molecule has 0 radical (unpaired) electrons. The number of hydrogen-bond donors (Lipinski definition) is 4. The fraction of sp³-hybridized carbons (Fsp3) is 0.458. The zero-order valence-corrected chi connectivity index (χ0v) is 37.2. The largest absolute Gasteiger partial charge is 0.453 e. The number of methoxy groups -OCH3 is 2. The molecule has 2 saturated heterocycles. The molecule has 2 aliphatic carbocycles. The first kappa shape index (κ1) is 41.4. The summed E-state index contributed by atoms with van der Waals surface area (Å²) in [6.45, 7) is 12.0. The van der Waals surface area contributed by atoms with Gasteiger partial charge in [-0.05, 0) is 95.9 Å². The maximum Gasteiger partial charge on any atom is 0.407 e. The van der Waals surface area contributed by atoms with Crippen LogP contribution in [-0.4, -0.2) is 102 Å². The molecule has 2 aromatic carbocycles. The highest BCUT2D eigenvalue weighted by molar-refractivity contribution is 5.90. The third kappa shape index (κ3) is 6.97. The fourth-order valence-corrected chi connectivity index (χ4v) is 10.7. The number of imidazole rings is 2. The first-order valence-electron chi connectivity index (χ1n) is 22.3. The summed E-state index contributed by atoms with van der Waals surface area (Å²) in [5, 5.41) is 5.52. The molecule has 16 heteroatoms. The van der Waals surface area contributed by atoms with Crippen molar-refractivity contribution in [3.05, 3.63) is 72.6 Å². The van der Waals surface area contributed by atoms with Crippen LogP contribution in [0.15, 0.2) is 60.9 Å². The van der Waals surface area contributed by atoms with E-state index >= 15 is 0 Å². The fourth-order valence-electron chi connectivity index (χ4n) is 10.7. The van der Waals surface area contributed by atoms with Crippen LogP contribution in [-0.2, 0) is 19.1 Å². The topological polar surface area (TPSA) is 200 Å². The van der Waals surface area contributed by atoms with Gasteiger partial charge >= 0.3 is 12.2 Å². The molecule has 0 spiro atoms. The van der Waals surface area contributed by atoms with Crippen LogP contribution in [0, 0.1) is 35.5 Å². The smallest absolute Gasteiger partial charge is 0.407 e. The van der Waals surface area contributed by atoms with Crippen molar-refractivity contribution in [1.29, 1.82) is 0 Å². The number of nitrogens with zero attached hydrogens (tertiary/aromatic N) is 6. The highest BCUT2D eigenvalue weighted by atomic mass is 16.5. The molecule has 4 fully saturated rings. The average molecular weight is 867 g/mol. The van der Waals surface area contributed by atoms with Crippen molar-refractivity contribution in [3.63, 3.8) is 0 Å². The summed E-state index contributed by atoms with van der Waals surface area (Å²) in [6, 6.07) is 14.6. The number of likely N-dealkylation sites (tertiary alicyclic amines) is 2. The van der Waals surface area contributed by atoms with E-state index in [4.69, 9.17) is 29.4 Å². The molecule has 10 rings (SSSR count). The minimum Gasteiger partial charge on any atom is -0.453 e. The van der Waals surface area contributed by atoms with Crippen LogP contribution in [0.25, 0.3) is 55.4 Å². The lowest BCUT2D eigenvalue weighted by molar-refractivity contribution is -0.137. The number of rotatable bonds is 10. The summed E-state index contributed by atoms with van der Waals surface area (Å²) >= 11 is 0. The highest BCUT2D eigenvalue weighted by Crippen LogP contribution is 2.59. The molecule has 10 atom stereocenters. The molecular weight excluding hydrogens is 813 g/mol. The Hall–Kier alpha value is -6.58. The van der Waals surface area contributed by atoms with E-state index in [1.807, 2.05) is 86.3 Å². The quantitative estimate of drug-likeness (QED) is 0.108. The molecular formula is C48H54N10O6. The molecule has 332 valence electrons. The standard InChI is InChI=1S/C48H54N10O6/c1-21(2)39(55-47(61)63-7)45(59)57-37(17-29-23(5)41(29)57)43-51-31-11-9-25(13-35(31)53-43)27-15-33-34(49-19-27)16-28(20-50-33)26-10-12-32-36(14-26)54-44(52-32)38-18-30-24(6)42(30)58(38)46(60)40(22(3)4)56-48(62)64-8/h9-16,19-24,29-30,37-42H,17-18H2,1-8H3,(H,51,53)(H,52,54)(H,55,61)(H,56,62)/t23?,24?,29?,30?,37-,38-,39-,40-,41?,42?/m0/s1. The average Bonchev–Trinajstić information content (AvgIpc) is 3.74. The predicted octanol–water partition coefficient (Wildman–Crippen LogP) is 7.29. The third-order valence-corrected chi connectivity index (χ3v) is 14.5. The van der Waals surface area contributed by atoms with Gasteiger partial charge in [0.2, 0.25) is 11.8 Å². The van der Waals surface area contributed by atoms with Crippen molar-refractivity contribution in [2.24, 2.45) is 35.5 Å². The number of H-pyrrole nitrogens is 2. The number of nitrogens with one attached hydrogen (secondary N) is 4. The molecule has 16 nitrogen and oxygen atoms in total. The number of carbonyl (C=O) groups is 4. The van der Waals surface area contributed by atoms with Gasteiger partial charge in [0.05, 0.1) is 59.4 Å². The van der Waals surface area contributed by atoms with E-state index in [1.165, 1.54) is 14.2 Å². The molecule has 2 saturated carbocycles. The van der Waals surface area contributed by atoms with Crippen LogP contribution in [0.2, 0.25) is 0 Å². The maximum atomic E-state index is 14.1. The number of hydrogen-bond acceptors (Lipinski definition) is 10. The molecule has 64 heavy (non-hydrogen) atoms. The molecule has 4 aromatic heterocycles. The molecule has 4 aliphatic rings. The van der Waals surface area contributed by atoms with Crippen LogP contribution < -0.4 is 10.6 Å². The van der Waals surface area contributed by atoms with Gasteiger partial charge in [0.15, 0.2) is 0 Å². The lowest BCUT2D eigenvalue weighted by atomic mass is 10.0. The minimum atomic E-state index is -0.707. The van der Waals surface area contributed by atoms with Crippen molar-refractivity contribution in [3.8, 4) is 22.3 Å². The Balaban J connectivity index is 0.875. The monoisotopic (exact) mass is 866 g/mol. The van der Waals surface area contributed by atoms with Gasteiger partial charge in [0.25, 0.3) is 0 Å². The van der Waals surface area contributed by atoms with E-state index in [0.717, 1.165) is 79.8 Å². The number of carbonyl (C=O) groups excluding carboxylic acids is 4. The summed E-state index contributed by atoms with van der Waals surface area (Å²) in [7, 11) is 2.60. The summed E-state index contributed by atoms with van der Waals surface area (Å²) in [6.07, 6.45) is 4.09. The first-order chi connectivity index (χ1) is 30.7. The molecule has 6 aromatic rings. The molecule has 6 unspecified atom stereocenters. The van der Waals surface area contributed by atoms with E-state index < -0.39 is 24.3 Å². The van der Waals surface area contributed by atoms with E-state index in [0.29, 0.717) is 23.7 Å². The Morgan fingerprint density at radius 3 is 1.39 bits per heavy atom. The van der Waals surface area contributed by atoms with Gasteiger partial charge in [-0.2, -0.15) is 0 Å². The summed E-state index contributed by atoms with van der Waals surface area (Å²) in [5.41, 5.74) is 8.56. The van der Waals surface area contributed by atoms with Gasteiger partial charge in [0, 0.05) is 35.6 Å². The number of benzene rings is 2. The van der Waals surface area contributed by atoms with Crippen LogP contribution in [0.5, 0.6) is 0 Å². The molecule has 2 aliphatic heterocycles. The van der Waals surface area contributed by atoms with Gasteiger partial charge in [-0.3, -0.25) is 19.6 Å². The lowest BCUT2D eigenvalue weighted by Crippen LogP contribution is -2.52. The van der Waals surface area contributed by atoms with Gasteiger partial charge in [-0.15, -0.1) is 0 Å². The number of amides is 4. The van der Waals surface area contributed by atoms with Crippen LogP contribution in [0.1, 0.15) is 78.1 Å². The number of aromatic amines is 2. The minimum absolute atomic E-state index is 0.114. The van der Waals surface area contributed by atoms with Crippen LogP contribution in [0.3, 0.4) is 0 Å². The number of ether oxygens (including phenoxy) is 2. The maximum absolute atomic E-state index is 14.1. The Kier molecular flexibility index (Phi) is 10.1. The zero-order chi connectivity index (χ0) is 44.9. The molecule has 4 amide bonds. The van der Waals surface area contributed by atoms with Gasteiger partial charge < -0.3 is 39.9 Å². The number of fused-ring (bicyclic) bond motifs is 5. The van der Waals surface area contributed by atoms with E-state index in [2.05, 4.69) is 46.6 Å². The van der Waals surface area contributed by atoms with Crippen molar-refractivity contribution in [2.75, 3.05) is 14.2 Å². The number of aromatic nitrogens is 6. The zero-order valence-electron chi connectivity index (χ0n) is 37.2. The van der Waals surface area contributed by atoms with E-state index in [9.17, 15) is 19.2 Å². The Labute approximate surface area is 370 Å². The Bertz CT molecular complexity index is 2660. The van der Waals surface area contributed by atoms with Crippen molar-refractivity contribution in [2.45, 2.75) is 90.6 Å². The van der Waals surface area contributed by atoms with Gasteiger partial charge in [-0.1, -0.05) is 53.7 Å². The highest BCUT2D eigenvalue weighted by Gasteiger charge is 2.62. The van der Waals surface area contributed by atoms with Crippen LogP contribution in [0.4, 0.5) is 9.59 Å². The van der Waals surface area contributed by atoms with Crippen molar-refractivity contribution >= 4 is 57.1 Å². The summed E-state index contributed by atoms with van der Waals surface area (Å²) in [4.78, 5) is 83.0. The molecule has 4 N–H and O–H groups in total. The normalized spacial score (nSPS) is 25.4.